The molecule has 1 fully saturated rings. The maximum atomic E-state index is 10.1. The second-order valence-electron chi connectivity index (χ2n) is 5.69. The topological polar surface area (TPSA) is 97.2 Å². The maximum Gasteiger partial charge on any atom is 0.142 e. The van der Waals surface area contributed by atoms with Crippen LogP contribution in [0.4, 0.5) is 0 Å². The molecule has 1 aromatic carbocycles. The molecule has 0 unspecified atom stereocenters. The number of nitrogens with zero attached hydrogens (tertiary/aromatic N) is 2. The fourth-order valence-electron chi connectivity index (χ4n) is 2.67. The summed E-state index contributed by atoms with van der Waals surface area (Å²) in [6.07, 6.45) is 0.207. The van der Waals surface area contributed by atoms with Gasteiger partial charge in [-0.2, -0.15) is 0 Å². The van der Waals surface area contributed by atoms with Gasteiger partial charge in [-0.3, -0.25) is 4.84 Å². The van der Waals surface area contributed by atoms with Crippen LogP contribution in [0.2, 0.25) is 5.02 Å². The van der Waals surface area contributed by atoms with Gasteiger partial charge in [0, 0.05) is 24.3 Å². The molecule has 3 atom stereocenters. The van der Waals surface area contributed by atoms with Gasteiger partial charge in [-0.1, -0.05) is 23.7 Å². The van der Waals surface area contributed by atoms with Crippen LogP contribution in [-0.4, -0.2) is 53.2 Å². The van der Waals surface area contributed by atoms with E-state index in [9.17, 15) is 5.11 Å². The Morgan fingerprint density at radius 1 is 1.35 bits per heavy atom. The lowest BCUT2D eigenvalue weighted by atomic mass is 10.1. The summed E-state index contributed by atoms with van der Waals surface area (Å²) in [5, 5.41) is 12.3. The quantitative estimate of drug-likeness (QED) is 0.704. The molecule has 23 heavy (non-hydrogen) atoms. The van der Waals surface area contributed by atoms with Crippen LogP contribution in [0.5, 0.6) is 0 Å². The highest BCUT2D eigenvalue weighted by atomic mass is 35.5. The van der Waals surface area contributed by atoms with Crippen LogP contribution >= 0.6 is 11.6 Å². The van der Waals surface area contributed by atoms with Gasteiger partial charge in [0.1, 0.15) is 24.7 Å². The van der Waals surface area contributed by atoms with E-state index in [0.29, 0.717) is 30.7 Å². The van der Waals surface area contributed by atoms with Gasteiger partial charge in [0.25, 0.3) is 0 Å². The molecule has 0 radical (unpaired) electrons. The molecule has 0 amide bonds. The molecule has 1 aromatic rings. The Bertz CT molecular complexity index is 568. The molecule has 8 heteroatoms. The molecule has 7 nitrogen and oxygen atoms in total. The first-order chi connectivity index (χ1) is 11.1. The number of hydrogen-bond donors (Lipinski definition) is 3. The van der Waals surface area contributed by atoms with Gasteiger partial charge in [-0.05, 0) is 17.7 Å². The zero-order chi connectivity index (χ0) is 16.4. The summed E-state index contributed by atoms with van der Waals surface area (Å²) in [4.78, 5) is 7.78. The molecule has 5 N–H and O–H groups in total. The maximum absolute atomic E-state index is 10.1. The van der Waals surface area contributed by atoms with Gasteiger partial charge in [0.15, 0.2) is 0 Å². The van der Waals surface area contributed by atoms with E-state index in [1.54, 1.807) is 5.06 Å². The molecule has 0 aliphatic carbocycles. The van der Waals surface area contributed by atoms with Crippen LogP contribution in [-0.2, 0) is 16.1 Å². The zero-order valence-electron chi connectivity index (χ0n) is 12.6. The van der Waals surface area contributed by atoms with E-state index in [0.717, 1.165) is 5.56 Å². The first kappa shape index (κ1) is 16.4. The van der Waals surface area contributed by atoms with Crippen molar-refractivity contribution in [3.8, 4) is 0 Å². The number of hydroxylamine groups is 2. The van der Waals surface area contributed by atoms with E-state index in [4.69, 9.17) is 32.6 Å². The van der Waals surface area contributed by atoms with Crippen LogP contribution in [0, 0.1) is 0 Å². The van der Waals surface area contributed by atoms with Gasteiger partial charge < -0.3 is 26.2 Å². The highest BCUT2D eigenvalue weighted by molar-refractivity contribution is 6.30. The van der Waals surface area contributed by atoms with Crippen molar-refractivity contribution >= 4 is 11.6 Å². The van der Waals surface area contributed by atoms with Crippen molar-refractivity contribution in [2.24, 2.45) is 11.5 Å². The standard InChI is InChI=1S/C15H21ClN4O3/c16-11-3-1-10(2-4-11)6-19-7-14(18)20(9-19)23-13-8-22-12(5-17)15(13)21/h1-4,7,12-13,15,21H,5-6,8-9,17-18H2/t12-,13+,15-/m1/s1. The van der Waals surface area contributed by atoms with Crippen LogP contribution in [0.3, 0.4) is 0 Å². The molecule has 0 bridgehead atoms. The van der Waals surface area contributed by atoms with Gasteiger partial charge in [-0.25, -0.2) is 5.06 Å². The first-order valence-corrected chi connectivity index (χ1v) is 7.84. The van der Waals surface area contributed by atoms with Gasteiger partial charge >= 0.3 is 0 Å². The molecule has 0 aromatic heterocycles. The first-order valence-electron chi connectivity index (χ1n) is 7.46. The average Bonchev–Trinajstić information content (AvgIpc) is 3.05. The lowest BCUT2D eigenvalue weighted by Crippen LogP contribution is -2.41. The summed E-state index contributed by atoms with van der Waals surface area (Å²) in [5.74, 6) is 0.488. The Morgan fingerprint density at radius 2 is 2.09 bits per heavy atom. The summed E-state index contributed by atoms with van der Waals surface area (Å²) < 4.78 is 5.39. The summed E-state index contributed by atoms with van der Waals surface area (Å²) in [7, 11) is 0. The number of aliphatic hydroxyl groups is 1. The van der Waals surface area contributed by atoms with Crippen molar-refractivity contribution < 1.29 is 14.7 Å². The average molecular weight is 341 g/mol. The van der Waals surface area contributed by atoms with Gasteiger partial charge in [-0.15, -0.1) is 0 Å². The van der Waals surface area contributed by atoms with Crippen molar-refractivity contribution in [1.82, 2.24) is 9.96 Å². The number of benzene rings is 1. The molecule has 2 aliphatic rings. The monoisotopic (exact) mass is 340 g/mol. The Balaban J connectivity index is 1.55. The van der Waals surface area contributed by atoms with Crippen molar-refractivity contribution in [3.63, 3.8) is 0 Å². The molecule has 0 saturated carbocycles. The van der Waals surface area contributed by atoms with E-state index in [-0.39, 0.29) is 6.54 Å². The smallest absolute Gasteiger partial charge is 0.142 e. The largest absolute Gasteiger partial charge is 0.387 e. The molecular formula is C15H21ClN4O3. The zero-order valence-corrected chi connectivity index (χ0v) is 13.4. The summed E-state index contributed by atoms with van der Waals surface area (Å²) in [6, 6.07) is 7.65. The fourth-order valence-corrected chi connectivity index (χ4v) is 2.80. The van der Waals surface area contributed by atoms with Gasteiger partial charge in [0.05, 0.1) is 12.7 Å². The van der Waals surface area contributed by atoms with Crippen LogP contribution in [0.15, 0.2) is 36.3 Å². The number of hydrogen-bond acceptors (Lipinski definition) is 7. The second kappa shape index (κ2) is 6.94. The lowest BCUT2D eigenvalue weighted by Gasteiger charge is -2.26. The Labute approximate surface area is 139 Å². The highest BCUT2D eigenvalue weighted by Gasteiger charge is 2.38. The predicted molar refractivity (Wildman–Crippen MR) is 85.6 cm³/mol. The Morgan fingerprint density at radius 3 is 2.74 bits per heavy atom. The second-order valence-corrected chi connectivity index (χ2v) is 6.13. The van der Waals surface area contributed by atoms with Crippen molar-refractivity contribution in [2.75, 3.05) is 19.8 Å². The van der Waals surface area contributed by atoms with E-state index < -0.39 is 18.3 Å². The van der Waals surface area contributed by atoms with Crippen molar-refractivity contribution in [1.29, 1.82) is 0 Å². The number of aliphatic hydroxyl groups excluding tert-OH is 1. The minimum absolute atomic E-state index is 0.259. The van der Waals surface area contributed by atoms with E-state index in [2.05, 4.69) is 0 Å². The van der Waals surface area contributed by atoms with Crippen molar-refractivity contribution in [3.05, 3.63) is 46.9 Å². The van der Waals surface area contributed by atoms with E-state index in [1.165, 1.54) is 0 Å². The molecule has 3 rings (SSSR count). The van der Waals surface area contributed by atoms with Crippen LogP contribution in [0.25, 0.3) is 0 Å². The number of rotatable bonds is 5. The molecular weight excluding hydrogens is 320 g/mol. The Hall–Kier alpha value is -1.51. The van der Waals surface area contributed by atoms with Gasteiger partial charge in [0.2, 0.25) is 0 Å². The SMILES string of the molecule is NC[C@H]1OC[C@H](ON2CN(Cc3ccc(Cl)cc3)C=C2N)[C@@H]1O. The molecule has 2 aliphatic heterocycles. The Kier molecular flexibility index (Phi) is 4.93. The summed E-state index contributed by atoms with van der Waals surface area (Å²) in [5.41, 5.74) is 12.6. The number of nitrogens with two attached hydrogens (primary N) is 2. The van der Waals surface area contributed by atoms with Crippen LogP contribution < -0.4 is 11.5 Å². The number of ether oxygens (including phenoxy) is 1. The third-order valence-electron chi connectivity index (χ3n) is 3.94. The highest BCUT2D eigenvalue weighted by Crippen LogP contribution is 2.22. The summed E-state index contributed by atoms with van der Waals surface area (Å²) in [6.45, 7) is 1.72. The predicted octanol–water partition coefficient (Wildman–Crippen LogP) is 0.191. The third-order valence-corrected chi connectivity index (χ3v) is 4.20. The molecule has 1 saturated heterocycles. The molecule has 126 valence electrons. The minimum atomic E-state index is -0.752. The summed E-state index contributed by atoms with van der Waals surface area (Å²) >= 11 is 5.89. The molecule has 0 spiro atoms. The lowest BCUT2D eigenvalue weighted by molar-refractivity contribution is -0.198. The molecule has 2 heterocycles. The van der Waals surface area contributed by atoms with E-state index >= 15 is 0 Å². The van der Waals surface area contributed by atoms with Crippen molar-refractivity contribution in [2.45, 2.75) is 24.9 Å². The number of halogens is 1. The normalized spacial score (nSPS) is 27.6. The minimum Gasteiger partial charge on any atom is -0.387 e. The third kappa shape index (κ3) is 3.70. The van der Waals surface area contributed by atoms with Crippen LogP contribution in [0.1, 0.15) is 5.56 Å². The fraction of sp³-hybridized carbons (Fsp3) is 0.467. The van der Waals surface area contributed by atoms with E-state index in [1.807, 2.05) is 35.4 Å².